The van der Waals surface area contributed by atoms with Crippen LogP contribution in [-0.2, 0) is 19.6 Å². The second kappa shape index (κ2) is 9.95. The summed E-state index contributed by atoms with van der Waals surface area (Å²) in [6.07, 6.45) is 1.30. The van der Waals surface area contributed by atoms with Gasteiger partial charge in [-0.25, -0.2) is 13.2 Å². The number of benzene rings is 2. The van der Waals surface area contributed by atoms with E-state index in [-0.39, 0.29) is 29.3 Å². The van der Waals surface area contributed by atoms with Crippen molar-refractivity contribution in [3.63, 3.8) is 0 Å². The van der Waals surface area contributed by atoms with Gasteiger partial charge in [-0.1, -0.05) is 36.2 Å². The SMILES string of the molecule is CCOC(=O)c1ccc(NC(=O)[C@H](CC)N(c2ccc(C)cc2)S(C)(=O)=O)c(Cl)c1. The van der Waals surface area contributed by atoms with Gasteiger partial charge in [0.15, 0.2) is 0 Å². The molecule has 1 N–H and O–H groups in total. The summed E-state index contributed by atoms with van der Waals surface area (Å²) in [5.41, 5.74) is 1.89. The molecule has 0 unspecified atom stereocenters. The maximum absolute atomic E-state index is 13.0. The highest BCUT2D eigenvalue weighted by molar-refractivity contribution is 7.92. The Hall–Kier alpha value is -2.58. The van der Waals surface area contributed by atoms with Gasteiger partial charge in [0, 0.05) is 0 Å². The maximum Gasteiger partial charge on any atom is 0.338 e. The van der Waals surface area contributed by atoms with E-state index < -0.39 is 27.9 Å². The van der Waals surface area contributed by atoms with Crippen LogP contribution in [-0.4, -0.2) is 39.2 Å². The Balaban J connectivity index is 2.32. The van der Waals surface area contributed by atoms with Crippen molar-refractivity contribution in [2.45, 2.75) is 33.2 Å². The molecule has 1 atom stereocenters. The van der Waals surface area contributed by atoms with E-state index in [1.807, 2.05) is 6.92 Å². The van der Waals surface area contributed by atoms with E-state index in [1.54, 1.807) is 38.1 Å². The maximum atomic E-state index is 13.0. The van der Waals surface area contributed by atoms with Crippen molar-refractivity contribution in [1.29, 1.82) is 0 Å². The van der Waals surface area contributed by atoms with Gasteiger partial charge in [0.05, 0.1) is 34.8 Å². The largest absolute Gasteiger partial charge is 0.462 e. The van der Waals surface area contributed by atoms with E-state index in [1.165, 1.54) is 18.2 Å². The Morgan fingerprint density at radius 2 is 1.77 bits per heavy atom. The number of halogens is 1. The second-order valence-corrected chi connectivity index (χ2v) is 8.99. The number of ether oxygens (including phenoxy) is 1. The Kier molecular flexibility index (Phi) is 7.86. The van der Waals surface area contributed by atoms with Gasteiger partial charge in [0.1, 0.15) is 6.04 Å². The molecule has 7 nitrogen and oxygen atoms in total. The molecule has 162 valence electrons. The predicted octanol–water partition coefficient (Wildman–Crippen LogP) is 4.01. The molecule has 2 rings (SSSR count). The van der Waals surface area contributed by atoms with E-state index in [9.17, 15) is 18.0 Å². The van der Waals surface area contributed by atoms with Crippen LogP contribution in [0.25, 0.3) is 0 Å². The van der Waals surface area contributed by atoms with Gasteiger partial charge in [0.25, 0.3) is 0 Å². The molecule has 2 aromatic rings. The van der Waals surface area contributed by atoms with E-state index >= 15 is 0 Å². The average Bonchev–Trinajstić information content (AvgIpc) is 2.67. The number of carbonyl (C=O) groups excluding carboxylic acids is 2. The highest BCUT2D eigenvalue weighted by Gasteiger charge is 2.31. The molecular weight excluding hydrogens is 428 g/mol. The Morgan fingerprint density at radius 3 is 2.27 bits per heavy atom. The minimum atomic E-state index is -3.74. The standard InChI is InChI=1S/C21H25ClN2O5S/c1-5-19(24(30(4,27)28)16-10-7-14(3)8-11-16)20(25)23-18-12-9-15(13-17(18)22)21(26)29-6-2/h7-13,19H,5-6H2,1-4H3,(H,23,25)/t19-/m0/s1. The summed E-state index contributed by atoms with van der Waals surface area (Å²) in [7, 11) is -3.74. The summed E-state index contributed by atoms with van der Waals surface area (Å²) in [4.78, 5) is 24.8. The molecule has 0 heterocycles. The summed E-state index contributed by atoms with van der Waals surface area (Å²) in [6.45, 7) is 5.54. The van der Waals surface area contributed by atoms with Gasteiger partial charge in [0.2, 0.25) is 15.9 Å². The number of carbonyl (C=O) groups is 2. The molecule has 0 bridgehead atoms. The topological polar surface area (TPSA) is 92.8 Å². The zero-order valence-corrected chi connectivity index (χ0v) is 18.9. The van der Waals surface area contributed by atoms with Crippen LogP contribution in [0.15, 0.2) is 42.5 Å². The van der Waals surface area contributed by atoms with Crippen molar-refractivity contribution in [3.05, 3.63) is 58.6 Å². The van der Waals surface area contributed by atoms with Gasteiger partial charge >= 0.3 is 5.97 Å². The van der Waals surface area contributed by atoms with Crippen molar-refractivity contribution in [1.82, 2.24) is 0 Å². The lowest BCUT2D eigenvalue weighted by atomic mass is 10.1. The number of amides is 1. The molecular formula is C21H25ClN2O5S. The smallest absolute Gasteiger partial charge is 0.338 e. The van der Waals surface area contributed by atoms with Crippen molar-refractivity contribution in [3.8, 4) is 0 Å². The van der Waals surface area contributed by atoms with Gasteiger partial charge in [-0.2, -0.15) is 0 Å². The number of esters is 1. The van der Waals surface area contributed by atoms with Gasteiger partial charge < -0.3 is 10.1 Å². The van der Waals surface area contributed by atoms with Crippen molar-refractivity contribution in [2.24, 2.45) is 0 Å². The summed E-state index contributed by atoms with van der Waals surface area (Å²) in [5.74, 6) is -1.05. The molecule has 9 heteroatoms. The fourth-order valence-corrected chi connectivity index (χ4v) is 4.37. The zero-order chi connectivity index (χ0) is 22.5. The molecule has 2 aromatic carbocycles. The molecule has 0 spiro atoms. The Morgan fingerprint density at radius 1 is 1.13 bits per heavy atom. The number of nitrogens with zero attached hydrogens (tertiary/aromatic N) is 1. The molecule has 0 aliphatic heterocycles. The fourth-order valence-electron chi connectivity index (χ4n) is 2.93. The number of sulfonamides is 1. The number of hydrogen-bond donors (Lipinski definition) is 1. The Bertz CT molecular complexity index is 1020. The van der Waals surface area contributed by atoms with E-state index in [0.29, 0.717) is 5.69 Å². The second-order valence-electron chi connectivity index (χ2n) is 6.72. The van der Waals surface area contributed by atoms with Crippen LogP contribution in [0.1, 0.15) is 36.2 Å². The molecule has 0 saturated heterocycles. The lowest BCUT2D eigenvalue weighted by molar-refractivity contribution is -0.117. The minimum absolute atomic E-state index is 0.144. The van der Waals surface area contributed by atoms with E-state index in [2.05, 4.69) is 5.32 Å². The first-order valence-electron chi connectivity index (χ1n) is 9.42. The zero-order valence-electron chi connectivity index (χ0n) is 17.3. The molecule has 0 aliphatic carbocycles. The molecule has 0 aromatic heterocycles. The van der Waals surface area contributed by atoms with Crippen molar-refractivity contribution >= 4 is 44.9 Å². The monoisotopic (exact) mass is 452 g/mol. The van der Waals surface area contributed by atoms with Crippen LogP contribution in [0.4, 0.5) is 11.4 Å². The third-order valence-corrected chi connectivity index (χ3v) is 5.85. The van der Waals surface area contributed by atoms with Crippen LogP contribution in [0.5, 0.6) is 0 Å². The first kappa shape index (κ1) is 23.7. The van der Waals surface area contributed by atoms with Crippen LogP contribution in [0.3, 0.4) is 0 Å². The first-order valence-corrected chi connectivity index (χ1v) is 11.6. The molecule has 0 saturated carbocycles. The van der Waals surface area contributed by atoms with Crippen LogP contribution in [0.2, 0.25) is 5.02 Å². The molecule has 0 radical (unpaired) electrons. The normalized spacial score (nSPS) is 12.2. The number of rotatable bonds is 8. The molecule has 1 amide bonds. The summed E-state index contributed by atoms with van der Waals surface area (Å²) < 4.78 is 31.0. The first-order chi connectivity index (χ1) is 14.1. The predicted molar refractivity (Wildman–Crippen MR) is 119 cm³/mol. The lowest BCUT2D eigenvalue weighted by Gasteiger charge is -2.30. The third-order valence-electron chi connectivity index (χ3n) is 4.36. The summed E-state index contributed by atoms with van der Waals surface area (Å²) in [6, 6.07) is 10.3. The average molecular weight is 453 g/mol. The highest BCUT2D eigenvalue weighted by atomic mass is 35.5. The summed E-state index contributed by atoms with van der Waals surface area (Å²) >= 11 is 6.22. The van der Waals surface area contributed by atoms with Crippen molar-refractivity contribution in [2.75, 3.05) is 22.5 Å². The van der Waals surface area contributed by atoms with E-state index in [0.717, 1.165) is 16.1 Å². The number of nitrogens with one attached hydrogen (secondary N) is 1. The molecule has 0 aliphatic rings. The third kappa shape index (κ3) is 5.73. The number of aryl methyl sites for hydroxylation is 1. The van der Waals surface area contributed by atoms with Gasteiger partial charge in [-0.15, -0.1) is 0 Å². The lowest BCUT2D eigenvalue weighted by Crippen LogP contribution is -2.47. The van der Waals surface area contributed by atoms with Crippen molar-refractivity contribution < 1.29 is 22.7 Å². The fraction of sp³-hybridized carbons (Fsp3) is 0.333. The van der Waals surface area contributed by atoms with Crippen LogP contribution < -0.4 is 9.62 Å². The van der Waals surface area contributed by atoms with Crippen LogP contribution >= 0.6 is 11.6 Å². The minimum Gasteiger partial charge on any atom is -0.462 e. The highest BCUT2D eigenvalue weighted by Crippen LogP contribution is 2.27. The number of anilines is 2. The molecule has 0 fully saturated rings. The van der Waals surface area contributed by atoms with Gasteiger partial charge in [-0.3, -0.25) is 9.10 Å². The van der Waals surface area contributed by atoms with Crippen LogP contribution in [0, 0.1) is 6.92 Å². The Labute approximate surface area is 182 Å². The number of hydrogen-bond acceptors (Lipinski definition) is 5. The van der Waals surface area contributed by atoms with E-state index in [4.69, 9.17) is 16.3 Å². The quantitative estimate of drug-likeness (QED) is 0.611. The summed E-state index contributed by atoms with van der Waals surface area (Å²) in [5, 5.41) is 2.81. The molecule has 30 heavy (non-hydrogen) atoms. The van der Waals surface area contributed by atoms with Gasteiger partial charge in [-0.05, 0) is 50.6 Å².